The lowest BCUT2D eigenvalue weighted by Gasteiger charge is -2.39. The first-order chi connectivity index (χ1) is 15.1. The average molecular weight is 427 g/mol. The number of benzene rings is 1. The number of likely N-dealkylation sites (tertiary alicyclic amines) is 1. The second-order valence-electron chi connectivity index (χ2n) is 8.38. The minimum Gasteiger partial charge on any atom is -0.484 e. The van der Waals surface area contributed by atoms with Gasteiger partial charge < -0.3 is 19.1 Å². The van der Waals surface area contributed by atoms with Crippen LogP contribution >= 0.6 is 0 Å². The van der Waals surface area contributed by atoms with Crippen LogP contribution in [0.25, 0.3) is 0 Å². The predicted octanol–water partition coefficient (Wildman–Crippen LogP) is 2.80. The highest BCUT2D eigenvalue weighted by atomic mass is 16.5. The van der Waals surface area contributed by atoms with Crippen LogP contribution in [0.2, 0.25) is 0 Å². The van der Waals surface area contributed by atoms with Gasteiger partial charge in [-0.2, -0.15) is 4.98 Å². The van der Waals surface area contributed by atoms with Gasteiger partial charge in [-0.1, -0.05) is 29.8 Å². The van der Waals surface area contributed by atoms with Crippen LogP contribution in [0.15, 0.2) is 34.9 Å². The van der Waals surface area contributed by atoms with Crippen LogP contribution in [0.4, 0.5) is 0 Å². The fourth-order valence-corrected chi connectivity index (χ4v) is 4.20. The van der Waals surface area contributed by atoms with Crippen molar-refractivity contribution in [3.63, 3.8) is 0 Å². The molecule has 166 valence electrons. The number of carbonyl (C=O) groups excluding carboxylic acids is 2. The van der Waals surface area contributed by atoms with Crippen LogP contribution in [0.1, 0.15) is 56.7 Å². The van der Waals surface area contributed by atoms with E-state index in [2.05, 4.69) is 10.1 Å². The van der Waals surface area contributed by atoms with Crippen molar-refractivity contribution in [3.8, 4) is 5.75 Å². The number of rotatable bonds is 8. The summed E-state index contributed by atoms with van der Waals surface area (Å²) in [5.74, 6) is 2.40. The summed E-state index contributed by atoms with van der Waals surface area (Å²) in [6, 6.07) is 9.31. The normalized spacial score (nSPS) is 19.0. The zero-order chi connectivity index (χ0) is 21.6. The van der Waals surface area contributed by atoms with Gasteiger partial charge in [0.2, 0.25) is 11.8 Å². The van der Waals surface area contributed by atoms with Gasteiger partial charge in [0.25, 0.3) is 5.91 Å². The molecule has 8 heteroatoms. The third kappa shape index (κ3) is 5.42. The van der Waals surface area contributed by atoms with Crippen molar-refractivity contribution in [3.05, 3.63) is 42.0 Å². The third-order valence-corrected chi connectivity index (χ3v) is 6.21. The van der Waals surface area contributed by atoms with Crippen LogP contribution in [-0.2, 0) is 16.0 Å². The monoisotopic (exact) mass is 426 g/mol. The molecule has 1 aliphatic heterocycles. The van der Waals surface area contributed by atoms with Gasteiger partial charge in [-0.25, -0.2) is 0 Å². The molecule has 1 saturated heterocycles. The Morgan fingerprint density at radius 2 is 2.00 bits per heavy atom. The predicted molar refractivity (Wildman–Crippen MR) is 114 cm³/mol. The molecule has 0 radical (unpaired) electrons. The molecule has 2 amide bonds. The van der Waals surface area contributed by atoms with Gasteiger partial charge in [-0.3, -0.25) is 9.59 Å². The summed E-state index contributed by atoms with van der Waals surface area (Å²) in [7, 11) is 0. The molecule has 1 aliphatic carbocycles. The van der Waals surface area contributed by atoms with Crippen LogP contribution in [0, 0.1) is 0 Å². The molecule has 1 aromatic heterocycles. The van der Waals surface area contributed by atoms with E-state index in [4.69, 9.17) is 9.26 Å². The van der Waals surface area contributed by atoms with Gasteiger partial charge in [0.05, 0.1) is 0 Å². The van der Waals surface area contributed by atoms with Crippen molar-refractivity contribution in [1.82, 2.24) is 19.9 Å². The fourth-order valence-electron chi connectivity index (χ4n) is 4.20. The Morgan fingerprint density at radius 1 is 1.19 bits per heavy atom. The molecule has 2 heterocycles. The summed E-state index contributed by atoms with van der Waals surface area (Å²) in [4.78, 5) is 33.2. The molecule has 8 nitrogen and oxygen atoms in total. The van der Waals surface area contributed by atoms with E-state index in [1.165, 1.54) is 6.42 Å². The van der Waals surface area contributed by atoms with Gasteiger partial charge in [-0.15, -0.1) is 0 Å². The Balaban J connectivity index is 1.30. The number of piperidine rings is 1. The average Bonchev–Trinajstić information content (AvgIpc) is 3.20. The fraction of sp³-hybridized carbons (Fsp3) is 0.565. The van der Waals surface area contributed by atoms with E-state index < -0.39 is 0 Å². The molecule has 1 saturated carbocycles. The van der Waals surface area contributed by atoms with Crippen LogP contribution in [0.5, 0.6) is 5.75 Å². The first kappa shape index (κ1) is 21.3. The summed E-state index contributed by atoms with van der Waals surface area (Å²) >= 11 is 0. The molecule has 31 heavy (non-hydrogen) atoms. The van der Waals surface area contributed by atoms with Crippen molar-refractivity contribution in [2.45, 2.75) is 57.4 Å². The molecule has 2 aliphatic rings. The molecule has 1 aromatic carbocycles. The largest absolute Gasteiger partial charge is 0.484 e. The van der Waals surface area contributed by atoms with E-state index >= 15 is 0 Å². The lowest BCUT2D eigenvalue weighted by atomic mass is 9.85. The minimum atomic E-state index is -0.0552. The number of aromatic nitrogens is 2. The Hall–Kier alpha value is -2.90. The van der Waals surface area contributed by atoms with Crippen LogP contribution in [-0.4, -0.2) is 64.0 Å². The Kier molecular flexibility index (Phi) is 6.84. The molecule has 2 aromatic rings. The number of ether oxygens (including phenoxy) is 1. The maximum absolute atomic E-state index is 12.7. The van der Waals surface area contributed by atoms with E-state index in [1.54, 1.807) is 11.8 Å². The quantitative estimate of drug-likeness (QED) is 0.645. The van der Waals surface area contributed by atoms with E-state index in [9.17, 15) is 9.59 Å². The van der Waals surface area contributed by atoms with Crippen molar-refractivity contribution in [2.75, 3.05) is 26.2 Å². The maximum atomic E-state index is 12.7. The van der Waals surface area contributed by atoms with Crippen molar-refractivity contribution >= 4 is 11.8 Å². The van der Waals surface area contributed by atoms with E-state index in [0.29, 0.717) is 43.5 Å². The molecule has 2 fully saturated rings. The summed E-state index contributed by atoms with van der Waals surface area (Å²) in [5.41, 5.74) is 0. The molecule has 0 spiro atoms. The van der Waals surface area contributed by atoms with Crippen molar-refractivity contribution in [2.24, 2.45) is 0 Å². The third-order valence-electron chi connectivity index (χ3n) is 6.21. The number of hydrogen-bond acceptors (Lipinski definition) is 6. The maximum Gasteiger partial charge on any atom is 0.260 e. The van der Waals surface area contributed by atoms with Gasteiger partial charge in [0.15, 0.2) is 12.4 Å². The van der Waals surface area contributed by atoms with Gasteiger partial charge in [-0.05, 0) is 37.8 Å². The molecule has 4 rings (SSSR count). The zero-order valence-electron chi connectivity index (χ0n) is 18.0. The van der Waals surface area contributed by atoms with Gasteiger partial charge in [0, 0.05) is 44.9 Å². The molecule has 1 atom stereocenters. The molecule has 1 unspecified atom stereocenters. The number of para-hydroxylation sites is 1. The molecular formula is C23H30N4O4. The number of amides is 2. The Morgan fingerprint density at radius 3 is 2.71 bits per heavy atom. The molecule has 0 N–H and O–H groups in total. The van der Waals surface area contributed by atoms with Gasteiger partial charge >= 0.3 is 0 Å². The Bertz CT molecular complexity index is 881. The van der Waals surface area contributed by atoms with Crippen molar-refractivity contribution < 1.29 is 18.8 Å². The lowest BCUT2D eigenvalue weighted by Crippen LogP contribution is -2.52. The minimum absolute atomic E-state index is 0.00236. The van der Waals surface area contributed by atoms with E-state index in [-0.39, 0.29) is 24.5 Å². The standard InChI is InChI=1S/C23H30N4O4/c1-17(28)27(14-12-21-24-23(31-25-21)18-7-5-8-18)19-9-6-13-26(15-19)22(29)16-30-20-10-3-2-4-11-20/h2-4,10-11,18-19H,5-9,12-16H2,1H3. The molecular weight excluding hydrogens is 396 g/mol. The number of hydrogen-bond donors (Lipinski definition) is 0. The van der Waals surface area contributed by atoms with Crippen molar-refractivity contribution in [1.29, 1.82) is 0 Å². The van der Waals surface area contributed by atoms with Gasteiger partial charge in [0.1, 0.15) is 5.75 Å². The first-order valence-corrected chi connectivity index (χ1v) is 11.2. The van der Waals surface area contributed by atoms with E-state index in [0.717, 1.165) is 31.6 Å². The SMILES string of the molecule is CC(=O)N(CCc1noc(C2CCC2)n1)C1CCCN(C(=O)COc2ccccc2)C1. The summed E-state index contributed by atoms with van der Waals surface area (Å²) in [5, 5.41) is 4.09. The highest BCUT2D eigenvalue weighted by molar-refractivity contribution is 5.78. The smallest absolute Gasteiger partial charge is 0.260 e. The van der Waals surface area contributed by atoms with E-state index in [1.807, 2.05) is 35.2 Å². The van der Waals surface area contributed by atoms with Crippen LogP contribution < -0.4 is 4.74 Å². The number of carbonyl (C=O) groups is 2. The second-order valence-corrected chi connectivity index (χ2v) is 8.38. The lowest BCUT2D eigenvalue weighted by molar-refractivity contribution is -0.139. The Labute approximate surface area is 182 Å². The zero-order valence-corrected chi connectivity index (χ0v) is 18.0. The summed E-state index contributed by atoms with van der Waals surface area (Å²) in [6.07, 6.45) is 5.73. The van der Waals surface area contributed by atoms with Crippen LogP contribution in [0.3, 0.4) is 0 Å². The molecule has 0 bridgehead atoms. The highest BCUT2D eigenvalue weighted by Crippen LogP contribution is 2.35. The highest BCUT2D eigenvalue weighted by Gasteiger charge is 2.30. The number of nitrogens with zero attached hydrogens (tertiary/aromatic N) is 4. The summed E-state index contributed by atoms with van der Waals surface area (Å²) < 4.78 is 11.0. The first-order valence-electron chi connectivity index (χ1n) is 11.2. The summed E-state index contributed by atoms with van der Waals surface area (Å²) in [6.45, 7) is 3.32. The second kappa shape index (κ2) is 9.94. The topological polar surface area (TPSA) is 88.8 Å².